The smallest absolute Gasteiger partial charge is 0.258 e. The van der Waals surface area contributed by atoms with Crippen LogP contribution in [-0.4, -0.2) is 12.5 Å². The first-order valence-corrected chi connectivity index (χ1v) is 6.46. The number of nitrogen functional groups attached to an aromatic ring is 1. The summed E-state index contributed by atoms with van der Waals surface area (Å²) in [6.45, 7) is 2.45. The molecular formula is C13H14N2O2S. The van der Waals surface area contributed by atoms with Crippen LogP contribution in [0.25, 0.3) is 0 Å². The second-order valence-electron chi connectivity index (χ2n) is 3.58. The molecule has 1 aromatic carbocycles. The van der Waals surface area contributed by atoms with Crippen LogP contribution in [-0.2, 0) is 0 Å². The van der Waals surface area contributed by atoms with Crippen molar-refractivity contribution in [1.82, 2.24) is 0 Å². The Bertz CT molecular complexity index is 551. The van der Waals surface area contributed by atoms with Crippen LogP contribution in [0.2, 0.25) is 0 Å². The predicted molar refractivity (Wildman–Crippen MR) is 74.3 cm³/mol. The molecule has 18 heavy (non-hydrogen) atoms. The van der Waals surface area contributed by atoms with E-state index in [0.717, 1.165) is 0 Å². The van der Waals surface area contributed by atoms with E-state index in [0.29, 0.717) is 28.6 Å². The number of ether oxygens (including phenoxy) is 1. The maximum absolute atomic E-state index is 12.0. The zero-order valence-electron chi connectivity index (χ0n) is 9.97. The van der Waals surface area contributed by atoms with Crippen molar-refractivity contribution in [3.63, 3.8) is 0 Å². The molecule has 4 nitrogen and oxygen atoms in total. The van der Waals surface area contributed by atoms with Crippen molar-refractivity contribution in [2.24, 2.45) is 0 Å². The van der Waals surface area contributed by atoms with Gasteiger partial charge in [0.05, 0.1) is 22.9 Å². The highest BCUT2D eigenvalue weighted by atomic mass is 32.1. The molecule has 1 heterocycles. The van der Waals surface area contributed by atoms with Gasteiger partial charge < -0.3 is 15.8 Å². The molecule has 0 aliphatic heterocycles. The second-order valence-corrected chi connectivity index (χ2v) is 4.53. The standard InChI is InChI=1S/C13H14N2O2S/c1-2-17-11-6-4-3-5-10(11)15-13(16)9-7-8-18-12(9)14/h3-8H,2,14H2,1H3,(H,15,16). The average Bonchev–Trinajstić information content (AvgIpc) is 2.78. The number of anilines is 2. The Morgan fingerprint density at radius 2 is 2.17 bits per heavy atom. The molecule has 2 aromatic rings. The Morgan fingerprint density at radius 3 is 2.83 bits per heavy atom. The zero-order valence-corrected chi connectivity index (χ0v) is 10.8. The van der Waals surface area contributed by atoms with Crippen LogP contribution in [0.3, 0.4) is 0 Å². The monoisotopic (exact) mass is 262 g/mol. The van der Waals surface area contributed by atoms with Gasteiger partial charge in [0.15, 0.2) is 0 Å². The van der Waals surface area contributed by atoms with Crippen LogP contribution in [0.5, 0.6) is 5.75 Å². The third kappa shape index (κ3) is 2.62. The highest BCUT2D eigenvalue weighted by Gasteiger charge is 2.12. The molecule has 0 radical (unpaired) electrons. The van der Waals surface area contributed by atoms with Crippen molar-refractivity contribution < 1.29 is 9.53 Å². The van der Waals surface area contributed by atoms with E-state index in [9.17, 15) is 4.79 Å². The lowest BCUT2D eigenvalue weighted by atomic mass is 10.2. The lowest BCUT2D eigenvalue weighted by molar-refractivity contribution is 0.102. The van der Waals surface area contributed by atoms with E-state index in [1.54, 1.807) is 17.5 Å². The van der Waals surface area contributed by atoms with Crippen molar-refractivity contribution in [1.29, 1.82) is 0 Å². The van der Waals surface area contributed by atoms with Gasteiger partial charge in [0.1, 0.15) is 5.75 Å². The van der Waals surface area contributed by atoms with E-state index in [2.05, 4.69) is 5.32 Å². The first-order chi connectivity index (χ1) is 8.72. The van der Waals surface area contributed by atoms with Crippen molar-refractivity contribution in [2.45, 2.75) is 6.92 Å². The van der Waals surface area contributed by atoms with Gasteiger partial charge >= 0.3 is 0 Å². The lowest BCUT2D eigenvalue weighted by Gasteiger charge is -2.10. The number of thiophene rings is 1. The average molecular weight is 262 g/mol. The number of benzene rings is 1. The number of carbonyl (C=O) groups is 1. The Balaban J connectivity index is 2.19. The normalized spacial score (nSPS) is 10.1. The largest absolute Gasteiger partial charge is 0.492 e. The number of amides is 1. The van der Waals surface area contributed by atoms with Gasteiger partial charge in [0, 0.05) is 0 Å². The summed E-state index contributed by atoms with van der Waals surface area (Å²) in [4.78, 5) is 12.0. The molecular weight excluding hydrogens is 248 g/mol. The molecule has 0 fully saturated rings. The summed E-state index contributed by atoms with van der Waals surface area (Å²) in [5.41, 5.74) is 6.86. The Morgan fingerprint density at radius 1 is 1.39 bits per heavy atom. The van der Waals surface area contributed by atoms with E-state index >= 15 is 0 Å². The van der Waals surface area contributed by atoms with Gasteiger partial charge in [-0.2, -0.15) is 0 Å². The molecule has 3 N–H and O–H groups in total. The summed E-state index contributed by atoms with van der Waals surface area (Å²) in [7, 11) is 0. The highest BCUT2D eigenvalue weighted by Crippen LogP contribution is 2.26. The van der Waals surface area contributed by atoms with Gasteiger partial charge in [0.25, 0.3) is 5.91 Å². The number of hydrogen-bond acceptors (Lipinski definition) is 4. The summed E-state index contributed by atoms with van der Waals surface area (Å²) < 4.78 is 5.44. The molecule has 1 amide bonds. The summed E-state index contributed by atoms with van der Waals surface area (Å²) in [6, 6.07) is 9.02. The first kappa shape index (κ1) is 12.4. The van der Waals surface area contributed by atoms with Gasteiger partial charge in [-0.1, -0.05) is 12.1 Å². The lowest BCUT2D eigenvalue weighted by Crippen LogP contribution is -2.13. The third-order valence-corrected chi connectivity index (χ3v) is 3.12. The minimum atomic E-state index is -0.221. The van der Waals surface area contributed by atoms with Crippen molar-refractivity contribution in [3.05, 3.63) is 41.3 Å². The van der Waals surface area contributed by atoms with Crippen LogP contribution in [0.15, 0.2) is 35.7 Å². The molecule has 5 heteroatoms. The maximum Gasteiger partial charge on any atom is 0.258 e. The van der Waals surface area contributed by atoms with Gasteiger partial charge in [0.2, 0.25) is 0 Å². The molecule has 0 spiro atoms. The van der Waals surface area contributed by atoms with E-state index in [1.165, 1.54) is 11.3 Å². The number of nitrogens with one attached hydrogen (secondary N) is 1. The summed E-state index contributed by atoms with van der Waals surface area (Å²) in [5, 5.41) is 5.11. The topological polar surface area (TPSA) is 64.3 Å². The van der Waals surface area contributed by atoms with Gasteiger partial charge in [-0.05, 0) is 30.5 Å². The van der Waals surface area contributed by atoms with Crippen molar-refractivity contribution in [2.75, 3.05) is 17.7 Å². The van der Waals surface area contributed by atoms with E-state index in [4.69, 9.17) is 10.5 Å². The van der Waals surface area contributed by atoms with Gasteiger partial charge in [-0.3, -0.25) is 4.79 Å². The first-order valence-electron chi connectivity index (χ1n) is 5.58. The van der Waals surface area contributed by atoms with Crippen molar-refractivity contribution in [3.8, 4) is 5.75 Å². The molecule has 0 saturated carbocycles. The maximum atomic E-state index is 12.0. The van der Waals surface area contributed by atoms with Crippen LogP contribution in [0.4, 0.5) is 10.7 Å². The molecule has 94 valence electrons. The SMILES string of the molecule is CCOc1ccccc1NC(=O)c1ccsc1N. The molecule has 0 bridgehead atoms. The molecule has 0 aliphatic rings. The molecule has 0 aliphatic carbocycles. The fourth-order valence-electron chi connectivity index (χ4n) is 1.55. The van der Waals surface area contributed by atoms with Gasteiger partial charge in [-0.25, -0.2) is 0 Å². The fourth-order valence-corrected chi connectivity index (χ4v) is 2.19. The van der Waals surface area contributed by atoms with Gasteiger partial charge in [-0.15, -0.1) is 11.3 Å². The summed E-state index contributed by atoms with van der Waals surface area (Å²) >= 11 is 1.34. The Kier molecular flexibility index (Phi) is 3.84. The third-order valence-electron chi connectivity index (χ3n) is 2.37. The number of carbonyl (C=O) groups excluding carboxylic acids is 1. The molecule has 2 rings (SSSR count). The van der Waals surface area contributed by atoms with Crippen LogP contribution in [0.1, 0.15) is 17.3 Å². The minimum Gasteiger partial charge on any atom is -0.492 e. The zero-order chi connectivity index (χ0) is 13.0. The van der Waals surface area contributed by atoms with Crippen LogP contribution >= 0.6 is 11.3 Å². The number of rotatable bonds is 4. The highest BCUT2D eigenvalue weighted by molar-refractivity contribution is 7.14. The molecule has 0 unspecified atom stereocenters. The Hall–Kier alpha value is -2.01. The van der Waals surface area contributed by atoms with E-state index in [-0.39, 0.29) is 5.91 Å². The predicted octanol–water partition coefficient (Wildman–Crippen LogP) is 2.98. The van der Waals surface area contributed by atoms with E-state index in [1.807, 2.05) is 25.1 Å². The number of para-hydroxylation sites is 2. The quantitative estimate of drug-likeness (QED) is 0.890. The molecule has 0 atom stereocenters. The summed E-state index contributed by atoms with van der Waals surface area (Å²) in [6.07, 6.45) is 0. The van der Waals surface area contributed by atoms with Crippen LogP contribution < -0.4 is 15.8 Å². The van der Waals surface area contributed by atoms with E-state index < -0.39 is 0 Å². The second kappa shape index (κ2) is 5.55. The molecule has 1 aromatic heterocycles. The summed E-state index contributed by atoms with van der Waals surface area (Å²) in [5.74, 6) is 0.433. The Labute approximate surface area is 109 Å². The number of hydrogen-bond donors (Lipinski definition) is 2. The fraction of sp³-hybridized carbons (Fsp3) is 0.154. The van der Waals surface area contributed by atoms with Crippen molar-refractivity contribution >= 4 is 27.9 Å². The molecule has 0 saturated heterocycles. The van der Waals surface area contributed by atoms with Crippen LogP contribution in [0, 0.1) is 0 Å². The number of nitrogens with two attached hydrogens (primary N) is 1. The minimum absolute atomic E-state index is 0.221.